The van der Waals surface area contributed by atoms with Crippen LogP contribution in [0.15, 0.2) is 30.3 Å². The predicted molar refractivity (Wildman–Crippen MR) is 83.9 cm³/mol. The van der Waals surface area contributed by atoms with E-state index in [0.29, 0.717) is 0 Å². The molecule has 1 aliphatic rings. The highest BCUT2D eigenvalue weighted by Crippen LogP contribution is 2.16. The third-order valence-corrected chi connectivity index (χ3v) is 4.10. The molecule has 1 atom stereocenters. The summed E-state index contributed by atoms with van der Waals surface area (Å²) in [5.74, 6) is 0.802. The molecule has 0 unspecified atom stereocenters. The molecule has 1 aromatic carbocycles. The standard InChI is InChI=1S/C17H28N2O/c1-15(20)14-19-11-8-17(9-12-19)13-18-10-7-16-5-3-2-4-6-16/h2-6,15,17-18,20H,7-14H2,1H3/t15-/m1/s1. The molecule has 3 heteroatoms. The molecule has 3 nitrogen and oxygen atoms in total. The van der Waals surface area contributed by atoms with Gasteiger partial charge in [-0.2, -0.15) is 0 Å². The topological polar surface area (TPSA) is 35.5 Å². The second-order valence-corrected chi connectivity index (χ2v) is 6.03. The maximum atomic E-state index is 9.40. The minimum absolute atomic E-state index is 0.199. The summed E-state index contributed by atoms with van der Waals surface area (Å²) in [6.45, 7) is 7.17. The molecule has 1 fully saturated rings. The summed E-state index contributed by atoms with van der Waals surface area (Å²) >= 11 is 0. The molecule has 0 amide bonds. The minimum atomic E-state index is -0.199. The van der Waals surface area contributed by atoms with Gasteiger partial charge >= 0.3 is 0 Å². The summed E-state index contributed by atoms with van der Waals surface area (Å²) in [6.07, 6.45) is 3.42. The lowest BCUT2D eigenvalue weighted by molar-refractivity contribution is 0.0999. The molecule has 1 aromatic rings. The lowest BCUT2D eigenvalue weighted by Gasteiger charge is -2.32. The number of β-amino-alcohol motifs (C(OH)–C–C–N with tert-alkyl or cyclic N) is 1. The number of rotatable bonds is 7. The first-order valence-corrected chi connectivity index (χ1v) is 7.89. The Morgan fingerprint density at radius 2 is 1.95 bits per heavy atom. The van der Waals surface area contributed by atoms with Gasteiger partial charge in [0.1, 0.15) is 0 Å². The normalized spacial score (nSPS) is 19.1. The quantitative estimate of drug-likeness (QED) is 0.747. The first kappa shape index (κ1) is 15.5. The molecular formula is C17H28N2O. The van der Waals surface area contributed by atoms with Gasteiger partial charge in [-0.1, -0.05) is 30.3 Å². The van der Waals surface area contributed by atoms with Gasteiger partial charge in [0.15, 0.2) is 0 Å². The van der Waals surface area contributed by atoms with E-state index in [4.69, 9.17) is 0 Å². The molecule has 0 bridgehead atoms. The van der Waals surface area contributed by atoms with Gasteiger partial charge in [0, 0.05) is 6.54 Å². The Morgan fingerprint density at radius 1 is 1.25 bits per heavy atom. The highest BCUT2D eigenvalue weighted by molar-refractivity contribution is 5.14. The lowest BCUT2D eigenvalue weighted by Crippen LogP contribution is -2.40. The van der Waals surface area contributed by atoms with Gasteiger partial charge in [-0.15, -0.1) is 0 Å². The third kappa shape index (κ3) is 5.61. The van der Waals surface area contributed by atoms with Crippen LogP contribution >= 0.6 is 0 Å². The summed E-state index contributed by atoms with van der Waals surface area (Å²) in [4.78, 5) is 2.38. The average molecular weight is 276 g/mol. The Hall–Kier alpha value is -0.900. The molecule has 0 aliphatic carbocycles. The van der Waals surface area contributed by atoms with Crippen LogP contribution in [0.2, 0.25) is 0 Å². The van der Waals surface area contributed by atoms with Crippen LogP contribution in [-0.4, -0.2) is 48.8 Å². The fourth-order valence-corrected chi connectivity index (χ4v) is 2.93. The second-order valence-electron chi connectivity index (χ2n) is 6.03. The van der Waals surface area contributed by atoms with Crippen molar-refractivity contribution in [1.82, 2.24) is 10.2 Å². The zero-order valence-electron chi connectivity index (χ0n) is 12.6. The smallest absolute Gasteiger partial charge is 0.0639 e. The van der Waals surface area contributed by atoms with Gasteiger partial charge in [0.25, 0.3) is 0 Å². The van der Waals surface area contributed by atoms with E-state index in [1.54, 1.807) is 0 Å². The summed E-state index contributed by atoms with van der Waals surface area (Å²) in [5.41, 5.74) is 1.41. The Kier molecular flexibility index (Phi) is 6.51. The fourth-order valence-electron chi connectivity index (χ4n) is 2.93. The average Bonchev–Trinajstić information content (AvgIpc) is 2.46. The minimum Gasteiger partial charge on any atom is -0.392 e. The van der Waals surface area contributed by atoms with Gasteiger partial charge < -0.3 is 15.3 Å². The van der Waals surface area contributed by atoms with Gasteiger partial charge in [0.05, 0.1) is 6.10 Å². The number of hydrogen-bond acceptors (Lipinski definition) is 3. The van der Waals surface area contributed by atoms with Crippen molar-refractivity contribution < 1.29 is 5.11 Å². The molecule has 2 N–H and O–H groups in total. The molecule has 112 valence electrons. The van der Waals surface area contributed by atoms with Crippen molar-refractivity contribution in [2.45, 2.75) is 32.3 Å². The van der Waals surface area contributed by atoms with Gasteiger partial charge in [-0.05, 0) is 63.8 Å². The number of benzene rings is 1. The number of aliphatic hydroxyl groups excluding tert-OH is 1. The van der Waals surface area contributed by atoms with Gasteiger partial charge in [-0.25, -0.2) is 0 Å². The van der Waals surface area contributed by atoms with Crippen molar-refractivity contribution in [3.63, 3.8) is 0 Å². The largest absolute Gasteiger partial charge is 0.392 e. The van der Waals surface area contributed by atoms with Crippen molar-refractivity contribution in [2.75, 3.05) is 32.7 Å². The van der Waals surface area contributed by atoms with Crippen molar-refractivity contribution in [3.05, 3.63) is 35.9 Å². The molecule has 2 rings (SSSR count). The highest BCUT2D eigenvalue weighted by atomic mass is 16.3. The van der Waals surface area contributed by atoms with Crippen molar-refractivity contribution in [1.29, 1.82) is 0 Å². The molecule has 0 spiro atoms. The highest BCUT2D eigenvalue weighted by Gasteiger charge is 2.19. The summed E-state index contributed by atoms with van der Waals surface area (Å²) in [6, 6.07) is 10.7. The van der Waals surface area contributed by atoms with E-state index >= 15 is 0 Å². The van der Waals surface area contributed by atoms with E-state index in [2.05, 4.69) is 40.5 Å². The van der Waals surface area contributed by atoms with Crippen molar-refractivity contribution in [2.24, 2.45) is 5.92 Å². The first-order chi connectivity index (χ1) is 9.74. The molecule has 20 heavy (non-hydrogen) atoms. The molecule has 0 aromatic heterocycles. The Labute approximate surface area is 123 Å². The van der Waals surface area contributed by atoms with Crippen LogP contribution in [0.3, 0.4) is 0 Å². The number of nitrogens with zero attached hydrogens (tertiary/aromatic N) is 1. The summed E-state index contributed by atoms with van der Waals surface area (Å²) in [5, 5.41) is 13.0. The third-order valence-electron chi connectivity index (χ3n) is 4.10. The van der Waals surface area contributed by atoms with E-state index in [9.17, 15) is 5.11 Å². The molecule has 0 radical (unpaired) electrons. The van der Waals surface area contributed by atoms with E-state index in [0.717, 1.165) is 45.1 Å². The summed E-state index contributed by atoms with van der Waals surface area (Å²) < 4.78 is 0. The zero-order valence-corrected chi connectivity index (χ0v) is 12.6. The number of piperidine rings is 1. The molecular weight excluding hydrogens is 248 g/mol. The maximum absolute atomic E-state index is 9.40. The molecule has 1 aliphatic heterocycles. The van der Waals surface area contributed by atoms with E-state index in [1.807, 2.05) is 6.92 Å². The van der Waals surface area contributed by atoms with Crippen LogP contribution in [-0.2, 0) is 6.42 Å². The molecule has 0 saturated carbocycles. The molecule has 1 heterocycles. The van der Waals surface area contributed by atoms with Crippen LogP contribution < -0.4 is 5.32 Å². The fraction of sp³-hybridized carbons (Fsp3) is 0.647. The Balaban J connectivity index is 1.55. The van der Waals surface area contributed by atoms with Gasteiger partial charge in [0.2, 0.25) is 0 Å². The van der Waals surface area contributed by atoms with E-state index in [1.165, 1.54) is 18.4 Å². The van der Waals surface area contributed by atoms with Crippen LogP contribution in [0, 0.1) is 5.92 Å². The monoisotopic (exact) mass is 276 g/mol. The number of nitrogens with one attached hydrogen (secondary N) is 1. The van der Waals surface area contributed by atoms with Crippen LogP contribution in [0.1, 0.15) is 25.3 Å². The Morgan fingerprint density at radius 3 is 2.60 bits per heavy atom. The van der Waals surface area contributed by atoms with Crippen LogP contribution in [0.25, 0.3) is 0 Å². The van der Waals surface area contributed by atoms with E-state index in [-0.39, 0.29) is 6.10 Å². The predicted octanol–water partition coefficient (Wildman–Crippen LogP) is 1.91. The summed E-state index contributed by atoms with van der Waals surface area (Å²) in [7, 11) is 0. The van der Waals surface area contributed by atoms with E-state index < -0.39 is 0 Å². The number of likely N-dealkylation sites (tertiary alicyclic amines) is 1. The number of hydrogen-bond donors (Lipinski definition) is 2. The molecule has 1 saturated heterocycles. The lowest BCUT2D eigenvalue weighted by atomic mass is 9.96. The van der Waals surface area contributed by atoms with Crippen molar-refractivity contribution >= 4 is 0 Å². The van der Waals surface area contributed by atoms with Crippen molar-refractivity contribution in [3.8, 4) is 0 Å². The Bertz CT molecular complexity index is 359. The van der Waals surface area contributed by atoms with Crippen LogP contribution in [0.5, 0.6) is 0 Å². The number of aliphatic hydroxyl groups is 1. The first-order valence-electron chi connectivity index (χ1n) is 7.89. The maximum Gasteiger partial charge on any atom is 0.0639 e. The second kappa shape index (κ2) is 8.40. The SMILES string of the molecule is C[C@@H](O)CN1CCC(CNCCc2ccccc2)CC1. The van der Waals surface area contributed by atoms with Gasteiger partial charge in [-0.3, -0.25) is 0 Å². The van der Waals surface area contributed by atoms with Crippen LogP contribution in [0.4, 0.5) is 0 Å². The zero-order chi connectivity index (χ0) is 14.2.